The van der Waals surface area contributed by atoms with Gasteiger partial charge in [-0.05, 0) is 25.5 Å². The average Bonchev–Trinajstić information content (AvgIpc) is 2.31. The molecule has 1 heterocycles. The highest BCUT2D eigenvalue weighted by Crippen LogP contribution is 2.20. The van der Waals surface area contributed by atoms with Crippen LogP contribution in [-0.2, 0) is 0 Å². The van der Waals surface area contributed by atoms with Crippen molar-refractivity contribution in [1.82, 2.24) is 5.32 Å². The highest BCUT2D eigenvalue weighted by Gasteiger charge is 2.11. The number of imide groups is 1. The van der Waals surface area contributed by atoms with Crippen LogP contribution in [0.2, 0.25) is 0 Å². The fourth-order valence-corrected chi connectivity index (χ4v) is 1.79. The zero-order valence-electron chi connectivity index (χ0n) is 7.38. The third kappa shape index (κ3) is 2.29. The molecular weight excluding hydrogens is 188 g/mol. The first-order valence-corrected chi connectivity index (χ1v) is 4.50. The number of primary amides is 1. The maximum atomic E-state index is 11.2. The van der Waals surface area contributed by atoms with Crippen LogP contribution in [0.4, 0.5) is 4.79 Å². The summed E-state index contributed by atoms with van der Waals surface area (Å²) in [7, 11) is 0. The normalized spacial score (nSPS) is 9.69. The third-order valence-electron chi connectivity index (χ3n) is 1.63. The predicted octanol–water partition coefficient (Wildman–Crippen LogP) is 1.17. The molecule has 1 rings (SSSR count). The van der Waals surface area contributed by atoms with Crippen molar-refractivity contribution in [2.75, 3.05) is 0 Å². The van der Waals surface area contributed by atoms with E-state index in [4.69, 9.17) is 5.73 Å². The minimum Gasteiger partial charge on any atom is -0.351 e. The first-order chi connectivity index (χ1) is 6.00. The van der Waals surface area contributed by atoms with Gasteiger partial charge in [0.15, 0.2) is 0 Å². The minimum atomic E-state index is -0.825. The van der Waals surface area contributed by atoms with Crippen molar-refractivity contribution < 1.29 is 9.59 Å². The Morgan fingerprint density at radius 2 is 2.08 bits per heavy atom. The zero-order chi connectivity index (χ0) is 10.0. The number of hydrogen-bond donors (Lipinski definition) is 2. The molecule has 5 heteroatoms. The second-order valence-corrected chi connectivity index (χ2v) is 3.92. The van der Waals surface area contributed by atoms with E-state index < -0.39 is 11.9 Å². The molecule has 1 aromatic heterocycles. The lowest BCUT2D eigenvalue weighted by Crippen LogP contribution is -2.34. The fraction of sp³-hybridized carbons (Fsp3) is 0.250. The van der Waals surface area contributed by atoms with Crippen LogP contribution in [0.3, 0.4) is 0 Å². The van der Waals surface area contributed by atoms with E-state index in [0.29, 0.717) is 4.88 Å². The molecule has 3 N–H and O–H groups in total. The molecule has 0 fully saturated rings. The molecule has 0 aliphatic rings. The van der Waals surface area contributed by atoms with Crippen molar-refractivity contribution >= 4 is 23.3 Å². The van der Waals surface area contributed by atoms with Crippen LogP contribution in [0.5, 0.6) is 0 Å². The number of rotatable bonds is 1. The van der Waals surface area contributed by atoms with Crippen molar-refractivity contribution in [3.8, 4) is 0 Å². The monoisotopic (exact) mass is 198 g/mol. The Morgan fingerprint density at radius 3 is 2.46 bits per heavy atom. The molecule has 0 aliphatic heterocycles. The average molecular weight is 198 g/mol. The van der Waals surface area contributed by atoms with Crippen LogP contribution < -0.4 is 11.1 Å². The number of thiophene rings is 1. The maximum absolute atomic E-state index is 11.2. The molecule has 0 aromatic carbocycles. The molecular formula is C8H10N2O2S. The van der Waals surface area contributed by atoms with Gasteiger partial charge in [0.25, 0.3) is 5.91 Å². The van der Waals surface area contributed by atoms with E-state index in [1.54, 1.807) is 6.07 Å². The molecule has 3 amide bonds. The van der Waals surface area contributed by atoms with E-state index in [-0.39, 0.29) is 0 Å². The Kier molecular flexibility index (Phi) is 2.67. The summed E-state index contributed by atoms with van der Waals surface area (Å²) in [5, 5.41) is 2.01. The Morgan fingerprint density at radius 1 is 1.46 bits per heavy atom. The van der Waals surface area contributed by atoms with E-state index in [1.165, 1.54) is 11.3 Å². The maximum Gasteiger partial charge on any atom is 0.319 e. The summed E-state index contributed by atoms with van der Waals surface area (Å²) >= 11 is 1.34. The Labute approximate surface area is 79.7 Å². The molecule has 0 saturated carbocycles. The molecule has 0 atom stereocenters. The number of nitrogens with one attached hydrogen (secondary N) is 1. The van der Waals surface area contributed by atoms with Crippen molar-refractivity contribution in [3.63, 3.8) is 0 Å². The van der Waals surface area contributed by atoms with Gasteiger partial charge in [-0.3, -0.25) is 10.1 Å². The van der Waals surface area contributed by atoms with Crippen LogP contribution in [0.1, 0.15) is 20.1 Å². The zero-order valence-corrected chi connectivity index (χ0v) is 8.20. The molecule has 0 aliphatic carbocycles. The molecule has 4 nitrogen and oxygen atoms in total. The van der Waals surface area contributed by atoms with Crippen LogP contribution in [0, 0.1) is 13.8 Å². The number of nitrogens with two attached hydrogens (primary N) is 1. The summed E-state index contributed by atoms with van der Waals surface area (Å²) in [5.74, 6) is -0.436. The lowest BCUT2D eigenvalue weighted by atomic mass is 10.3. The van der Waals surface area contributed by atoms with Gasteiger partial charge in [0, 0.05) is 4.88 Å². The molecule has 0 unspecified atom stereocenters. The molecule has 70 valence electrons. The highest BCUT2D eigenvalue weighted by atomic mass is 32.1. The highest BCUT2D eigenvalue weighted by molar-refractivity contribution is 7.14. The molecule has 0 radical (unpaired) electrons. The second-order valence-electron chi connectivity index (χ2n) is 2.67. The third-order valence-corrected chi connectivity index (χ3v) is 2.78. The van der Waals surface area contributed by atoms with Crippen molar-refractivity contribution in [1.29, 1.82) is 0 Å². The first-order valence-electron chi connectivity index (χ1n) is 3.68. The topological polar surface area (TPSA) is 72.2 Å². The van der Waals surface area contributed by atoms with Gasteiger partial charge in [0.2, 0.25) is 0 Å². The van der Waals surface area contributed by atoms with Crippen molar-refractivity contribution in [2.24, 2.45) is 5.73 Å². The first kappa shape index (κ1) is 9.73. The number of amides is 3. The van der Waals surface area contributed by atoms with E-state index in [9.17, 15) is 9.59 Å². The summed E-state index contributed by atoms with van der Waals surface area (Å²) in [6.45, 7) is 3.83. The summed E-state index contributed by atoms with van der Waals surface area (Å²) in [5.41, 5.74) is 5.85. The van der Waals surface area contributed by atoms with Crippen LogP contribution in [0.15, 0.2) is 6.07 Å². The van der Waals surface area contributed by atoms with Gasteiger partial charge in [-0.1, -0.05) is 0 Å². The number of carbonyl (C=O) groups is 2. The summed E-state index contributed by atoms with van der Waals surface area (Å²) in [4.78, 5) is 23.2. The summed E-state index contributed by atoms with van der Waals surface area (Å²) in [6.07, 6.45) is 0. The second kappa shape index (κ2) is 3.57. The van der Waals surface area contributed by atoms with Gasteiger partial charge in [-0.15, -0.1) is 11.3 Å². The Bertz CT molecular complexity index is 338. The lowest BCUT2D eigenvalue weighted by molar-refractivity contribution is 0.0970. The number of carbonyl (C=O) groups excluding carboxylic acids is 2. The lowest BCUT2D eigenvalue weighted by Gasteiger charge is -1.95. The quantitative estimate of drug-likeness (QED) is 0.711. The number of urea groups is 1. The van der Waals surface area contributed by atoms with Gasteiger partial charge < -0.3 is 5.73 Å². The Balaban J connectivity index is 2.83. The SMILES string of the molecule is Cc1cc(C(=O)NC(N)=O)sc1C. The predicted molar refractivity (Wildman–Crippen MR) is 50.8 cm³/mol. The van der Waals surface area contributed by atoms with Gasteiger partial charge in [-0.25, -0.2) is 4.79 Å². The van der Waals surface area contributed by atoms with E-state index in [0.717, 1.165) is 10.4 Å². The van der Waals surface area contributed by atoms with E-state index >= 15 is 0 Å². The van der Waals surface area contributed by atoms with Gasteiger partial charge in [-0.2, -0.15) is 0 Å². The standard InChI is InChI=1S/C8H10N2O2S/c1-4-3-6(13-5(4)2)7(11)10-8(9)12/h3H,1-2H3,(H3,9,10,11,12). The summed E-state index contributed by atoms with van der Waals surface area (Å²) < 4.78 is 0. The largest absolute Gasteiger partial charge is 0.351 e. The number of aryl methyl sites for hydroxylation is 2. The number of hydrogen-bond acceptors (Lipinski definition) is 3. The molecule has 13 heavy (non-hydrogen) atoms. The van der Waals surface area contributed by atoms with Crippen molar-refractivity contribution in [2.45, 2.75) is 13.8 Å². The van der Waals surface area contributed by atoms with Crippen molar-refractivity contribution in [3.05, 3.63) is 21.4 Å². The molecule has 0 bridgehead atoms. The molecule has 1 aromatic rings. The van der Waals surface area contributed by atoms with Gasteiger partial charge >= 0.3 is 6.03 Å². The molecule has 0 spiro atoms. The van der Waals surface area contributed by atoms with Crippen LogP contribution in [-0.4, -0.2) is 11.9 Å². The fourth-order valence-electron chi connectivity index (χ4n) is 0.859. The van der Waals surface area contributed by atoms with Gasteiger partial charge in [0.1, 0.15) is 0 Å². The van der Waals surface area contributed by atoms with E-state index in [1.807, 2.05) is 19.2 Å². The smallest absolute Gasteiger partial charge is 0.319 e. The van der Waals surface area contributed by atoms with Crippen LogP contribution in [0.25, 0.3) is 0 Å². The van der Waals surface area contributed by atoms with Crippen LogP contribution >= 0.6 is 11.3 Å². The minimum absolute atomic E-state index is 0.436. The Hall–Kier alpha value is -1.36. The van der Waals surface area contributed by atoms with Gasteiger partial charge in [0.05, 0.1) is 4.88 Å². The summed E-state index contributed by atoms with van der Waals surface area (Å²) in [6, 6.07) is 0.909. The van der Waals surface area contributed by atoms with E-state index in [2.05, 4.69) is 0 Å². The molecule has 0 saturated heterocycles.